The van der Waals surface area contributed by atoms with Gasteiger partial charge in [0.05, 0.1) is 4.92 Å². The number of nitrogens with two attached hydrogens (primary N) is 1. The highest BCUT2D eigenvalue weighted by atomic mass is 32.2. The molecule has 0 radical (unpaired) electrons. The van der Waals surface area contributed by atoms with E-state index in [9.17, 15) is 18.5 Å². The first kappa shape index (κ1) is 14.5. The van der Waals surface area contributed by atoms with Gasteiger partial charge in [-0.3, -0.25) is 10.1 Å². The number of nitro groups is 1. The first-order valence-corrected chi connectivity index (χ1v) is 7.67. The van der Waals surface area contributed by atoms with Crippen molar-refractivity contribution in [3.05, 3.63) is 40.5 Å². The van der Waals surface area contributed by atoms with Crippen molar-refractivity contribution in [3.8, 4) is 0 Å². The maximum atomic E-state index is 11.4. The molecule has 2 rings (SSSR count). The van der Waals surface area contributed by atoms with Crippen LogP contribution in [0.3, 0.4) is 0 Å². The molecule has 1 aromatic carbocycles. The number of rotatable bonds is 4. The number of nitrogens with zero attached hydrogens (tertiary/aromatic N) is 1. The summed E-state index contributed by atoms with van der Waals surface area (Å²) in [6, 6.07) is 4.00. The fraction of sp³-hybridized carbons (Fsp3) is 0.333. The number of hydrogen-bond acceptors (Lipinski definition) is 5. The van der Waals surface area contributed by atoms with Crippen LogP contribution in [0.2, 0.25) is 0 Å². The van der Waals surface area contributed by atoms with Crippen LogP contribution < -0.4 is 10.5 Å². The largest absolute Gasteiger partial charge is 0.373 e. The van der Waals surface area contributed by atoms with E-state index in [-0.39, 0.29) is 11.7 Å². The summed E-state index contributed by atoms with van der Waals surface area (Å²) in [7, 11) is -4.14. The fourth-order valence-electron chi connectivity index (χ4n) is 2.19. The molecule has 3 N–H and O–H groups in total. The lowest BCUT2D eigenvalue weighted by Gasteiger charge is -2.19. The number of anilines is 1. The van der Waals surface area contributed by atoms with Crippen LogP contribution in [0.1, 0.15) is 19.3 Å². The first-order chi connectivity index (χ1) is 9.39. The van der Waals surface area contributed by atoms with E-state index >= 15 is 0 Å². The summed E-state index contributed by atoms with van der Waals surface area (Å²) >= 11 is 0. The molecule has 0 saturated heterocycles. The molecule has 108 valence electrons. The Bertz CT molecular complexity index is 655. The minimum absolute atomic E-state index is 0.0434. The lowest BCUT2D eigenvalue weighted by atomic mass is 10.0. The van der Waals surface area contributed by atoms with Crippen LogP contribution in [0.4, 0.5) is 11.4 Å². The zero-order chi connectivity index (χ0) is 14.8. The van der Waals surface area contributed by atoms with Crippen LogP contribution >= 0.6 is 0 Å². The molecule has 1 aliphatic carbocycles. The number of benzene rings is 1. The normalized spacial score (nSPS) is 18.8. The molecule has 0 amide bonds. The van der Waals surface area contributed by atoms with E-state index in [1.54, 1.807) is 0 Å². The number of nitro benzene ring substituents is 1. The van der Waals surface area contributed by atoms with E-state index in [0.29, 0.717) is 0 Å². The number of nitrogens with one attached hydrogen (secondary N) is 1. The smallest absolute Gasteiger partial charge is 0.312 e. The number of sulfonamides is 1. The predicted octanol–water partition coefficient (Wildman–Crippen LogP) is 1.76. The van der Waals surface area contributed by atoms with Crippen LogP contribution in [0, 0.1) is 10.1 Å². The Morgan fingerprint density at radius 2 is 2.15 bits per heavy atom. The van der Waals surface area contributed by atoms with E-state index in [1.165, 1.54) is 12.1 Å². The summed E-state index contributed by atoms with van der Waals surface area (Å²) in [5.74, 6) is 0. The van der Waals surface area contributed by atoms with Gasteiger partial charge >= 0.3 is 5.69 Å². The van der Waals surface area contributed by atoms with Crippen LogP contribution in [-0.2, 0) is 10.0 Å². The SMILES string of the molecule is NS(=O)(=O)c1cccc(N[C@H]2C=CCCC2)c1[N+](=O)[O-]. The highest BCUT2D eigenvalue weighted by molar-refractivity contribution is 7.89. The molecule has 1 aromatic rings. The van der Waals surface area contributed by atoms with Gasteiger partial charge in [0.25, 0.3) is 0 Å². The van der Waals surface area contributed by atoms with Crippen LogP contribution in [0.5, 0.6) is 0 Å². The van der Waals surface area contributed by atoms with Crippen molar-refractivity contribution < 1.29 is 13.3 Å². The van der Waals surface area contributed by atoms with Crippen molar-refractivity contribution in [3.63, 3.8) is 0 Å². The summed E-state index contributed by atoms with van der Waals surface area (Å²) in [6.07, 6.45) is 6.73. The Kier molecular flexibility index (Phi) is 4.05. The number of hydrogen-bond donors (Lipinski definition) is 2. The molecular formula is C12H15N3O4S. The van der Waals surface area contributed by atoms with Crippen molar-refractivity contribution in [1.29, 1.82) is 0 Å². The molecule has 0 unspecified atom stereocenters. The van der Waals surface area contributed by atoms with Gasteiger partial charge in [0, 0.05) is 6.04 Å². The third-order valence-corrected chi connectivity index (χ3v) is 4.03. The van der Waals surface area contributed by atoms with E-state index in [1.807, 2.05) is 12.2 Å². The van der Waals surface area contributed by atoms with Gasteiger partial charge in [0.1, 0.15) is 5.69 Å². The molecule has 0 aromatic heterocycles. The molecule has 0 aliphatic heterocycles. The van der Waals surface area contributed by atoms with Gasteiger partial charge in [-0.05, 0) is 31.4 Å². The molecule has 20 heavy (non-hydrogen) atoms. The standard InChI is InChI=1S/C12H15N3O4S/c13-20(18,19)11-8-4-7-10(12(11)15(16)17)14-9-5-2-1-3-6-9/h2,4-5,7-9,14H,1,3,6H2,(H2,13,18,19)/t9-/m0/s1. The molecular weight excluding hydrogens is 282 g/mol. The summed E-state index contributed by atoms with van der Waals surface area (Å²) in [5.41, 5.74) is -0.341. The molecule has 7 nitrogen and oxygen atoms in total. The quantitative estimate of drug-likeness (QED) is 0.499. The topological polar surface area (TPSA) is 115 Å². The molecule has 0 saturated carbocycles. The molecule has 8 heteroatoms. The maximum Gasteiger partial charge on any atom is 0.312 e. The van der Waals surface area contributed by atoms with E-state index < -0.39 is 25.5 Å². The monoisotopic (exact) mass is 297 g/mol. The number of allylic oxidation sites excluding steroid dienone is 1. The van der Waals surface area contributed by atoms with Gasteiger partial charge in [-0.1, -0.05) is 18.2 Å². The van der Waals surface area contributed by atoms with Gasteiger partial charge in [-0.25, -0.2) is 13.6 Å². The Morgan fingerprint density at radius 3 is 2.70 bits per heavy atom. The van der Waals surface area contributed by atoms with Gasteiger partial charge in [0.2, 0.25) is 10.0 Å². The third-order valence-electron chi connectivity index (χ3n) is 3.08. The minimum atomic E-state index is -4.14. The third kappa shape index (κ3) is 3.14. The van der Waals surface area contributed by atoms with Crippen molar-refractivity contribution in [1.82, 2.24) is 0 Å². The molecule has 1 atom stereocenters. The van der Waals surface area contributed by atoms with E-state index in [2.05, 4.69) is 5.32 Å². The lowest BCUT2D eigenvalue weighted by molar-refractivity contribution is -0.386. The molecule has 0 bridgehead atoms. The average molecular weight is 297 g/mol. The Morgan fingerprint density at radius 1 is 1.40 bits per heavy atom. The highest BCUT2D eigenvalue weighted by Crippen LogP contribution is 2.32. The second-order valence-electron chi connectivity index (χ2n) is 4.56. The van der Waals surface area contributed by atoms with Gasteiger partial charge in [0.15, 0.2) is 4.90 Å². The second kappa shape index (κ2) is 5.59. The predicted molar refractivity (Wildman–Crippen MR) is 74.9 cm³/mol. The summed E-state index contributed by atoms with van der Waals surface area (Å²) < 4.78 is 22.9. The summed E-state index contributed by atoms with van der Waals surface area (Å²) in [5, 5.41) is 19.2. The Hall–Kier alpha value is -1.93. The average Bonchev–Trinajstić information content (AvgIpc) is 2.38. The first-order valence-electron chi connectivity index (χ1n) is 6.13. The minimum Gasteiger partial charge on any atom is -0.373 e. The van der Waals surface area contributed by atoms with Gasteiger partial charge in [-0.2, -0.15) is 0 Å². The number of primary sulfonamides is 1. The van der Waals surface area contributed by atoms with Gasteiger partial charge < -0.3 is 5.32 Å². The maximum absolute atomic E-state index is 11.4. The Labute approximate surface area is 116 Å². The van der Waals surface area contributed by atoms with Crippen molar-refractivity contribution >= 4 is 21.4 Å². The highest BCUT2D eigenvalue weighted by Gasteiger charge is 2.27. The van der Waals surface area contributed by atoms with Gasteiger partial charge in [-0.15, -0.1) is 0 Å². The van der Waals surface area contributed by atoms with Crippen molar-refractivity contribution in [2.45, 2.75) is 30.2 Å². The molecule has 0 spiro atoms. The summed E-state index contributed by atoms with van der Waals surface area (Å²) in [4.78, 5) is 9.95. The second-order valence-corrected chi connectivity index (χ2v) is 6.09. The molecule has 0 heterocycles. The Balaban J connectivity index is 2.45. The van der Waals surface area contributed by atoms with Crippen molar-refractivity contribution in [2.24, 2.45) is 5.14 Å². The molecule has 1 aliphatic rings. The summed E-state index contributed by atoms with van der Waals surface area (Å²) in [6.45, 7) is 0. The van der Waals surface area contributed by atoms with Crippen LogP contribution in [0.15, 0.2) is 35.2 Å². The van der Waals surface area contributed by atoms with E-state index in [4.69, 9.17) is 5.14 Å². The number of para-hydroxylation sites is 1. The lowest BCUT2D eigenvalue weighted by Crippen LogP contribution is -2.21. The van der Waals surface area contributed by atoms with Crippen molar-refractivity contribution in [2.75, 3.05) is 5.32 Å². The molecule has 0 fully saturated rings. The zero-order valence-corrected chi connectivity index (χ0v) is 11.5. The van der Waals surface area contributed by atoms with Crippen LogP contribution in [0.25, 0.3) is 0 Å². The van der Waals surface area contributed by atoms with Crippen LogP contribution in [-0.4, -0.2) is 19.4 Å². The fourth-order valence-corrected chi connectivity index (χ4v) is 2.91. The zero-order valence-electron chi connectivity index (χ0n) is 10.7. The van der Waals surface area contributed by atoms with E-state index in [0.717, 1.165) is 25.3 Å².